The minimum absolute atomic E-state index is 0.00579. The predicted molar refractivity (Wildman–Crippen MR) is 94.3 cm³/mol. The topological polar surface area (TPSA) is 69.5 Å². The van der Waals surface area contributed by atoms with Crippen LogP contribution in [0.5, 0.6) is 0 Å². The molecule has 138 valence electrons. The Morgan fingerprint density at radius 3 is 3.04 bits per heavy atom. The van der Waals surface area contributed by atoms with E-state index in [0.717, 1.165) is 25.3 Å². The zero-order chi connectivity index (χ0) is 17.9. The Hall–Kier alpha value is -2.25. The van der Waals surface area contributed by atoms with Gasteiger partial charge in [0.25, 0.3) is 5.91 Å². The summed E-state index contributed by atoms with van der Waals surface area (Å²) in [6.07, 6.45) is 4.66. The summed E-state index contributed by atoms with van der Waals surface area (Å²) in [5, 5.41) is 4.22. The number of hydrogen-bond donors (Lipinski definition) is 0. The van der Waals surface area contributed by atoms with Crippen LogP contribution in [0, 0.1) is 11.8 Å². The molecule has 0 N–H and O–H groups in total. The Kier molecular flexibility index (Phi) is 4.99. The molecule has 7 nitrogen and oxygen atoms in total. The maximum atomic E-state index is 12.6. The van der Waals surface area contributed by atoms with Gasteiger partial charge in [0.2, 0.25) is 0 Å². The average Bonchev–Trinajstić information content (AvgIpc) is 3.35. The van der Waals surface area contributed by atoms with Crippen molar-refractivity contribution in [3.63, 3.8) is 0 Å². The molecular weight excluding hydrogens is 332 g/mol. The van der Waals surface area contributed by atoms with Crippen molar-refractivity contribution in [1.82, 2.24) is 19.7 Å². The molecule has 2 saturated heterocycles. The van der Waals surface area contributed by atoms with E-state index in [1.807, 2.05) is 30.1 Å². The summed E-state index contributed by atoms with van der Waals surface area (Å²) in [5.41, 5.74) is 1.45. The maximum absolute atomic E-state index is 12.6. The number of carbonyl (C=O) groups excluding carboxylic acids is 1. The first-order valence-corrected chi connectivity index (χ1v) is 9.09. The number of aromatic nitrogens is 3. The zero-order valence-corrected chi connectivity index (χ0v) is 15.0. The van der Waals surface area contributed by atoms with Crippen LogP contribution in [-0.2, 0) is 23.1 Å². The highest BCUT2D eigenvalue weighted by Gasteiger charge is 2.45. The van der Waals surface area contributed by atoms with Crippen LogP contribution >= 0.6 is 0 Å². The molecule has 0 spiro atoms. The van der Waals surface area contributed by atoms with Gasteiger partial charge in [-0.2, -0.15) is 5.10 Å². The fourth-order valence-electron chi connectivity index (χ4n) is 3.85. The number of likely N-dealkylation sites (tertiary alicyclic amines) is 1. The zero-order valence-electron chi connectivity index (χ0n) is 15.0. The van der Waals surface area contributed by atoms with Crippen LogP contribution in [0.15, 0.2) is 36.7 Å². The summed E-state index contributed by atoms with van der Waals surface area (Å²) < 4.78 is 13.4. The number of hydrogen-bond acceptors (Lipinski definition) is 5. The second kappa shape index (κ2) is 7.55. The van der Waals surface area contributed by atoms with E-state index in [-0.39, 0.29) is 12.0 Å². The minimum Gasteiger partial charge on any atom is -0.376 e. The molecular formula is C19H24N4O3. The van der Waals surface area contributed by atoms with Crippen molar-refractivity contribution < 1.29 is 14.3 Å². The molecule has 0 bridgehead atoms. The van der Waals surface area contributed by atoms with Gasteiger partial charge in [-0.25, -0.2) is 0 Å². The molecule has 1 amide bonds. The monoisotopic (exact) mass is 356 g/mol. The molecule has 7 heteroatoms. The molecule has 0 saturated carbocycles. The number of fused-ring (bicyclic) bond motifs is 1. The van der Waals surface area contributed by atoms with E-state index in [1.54, 1.807) is 23.1 Å². The second-order valence-corrected chi connectivity index (χ2v) is 7.04. The Morgan fingerprint density at radius 1 is 1.35 bits per heavy atom. The molecule has 2 aromatic heterocycles. The Balaban J connectivity index is 1.26. The van der Waals surface area contributed by atoms with E-state index >= 15 is 0 Å². The summed E-state index contributed by atoms with van der Waals surface area (Å²) in [5.74, 6) is 0.820. The lowest BCUT2D eigenvalue weighted by molar-refractivity contribution is 0.0642. The third kappa shape index (κ3) is 3.64. The smallest absolute Gasteiger partial charge is 0.274 e. The van der Waals surface area contributed by atoms with Crippen LogP contribution in [0.1, 0.15) is 22.6 Å². The molecule has 0 aromatic carbocycles. The lowest BCUT2D eigenvalue weighted by Crippen LogP contribution is -2.31. The van der Waals surface area contributed by atoms with Crippen molar-refractivity contribution in [2.24, 2.45) is 18.9 Å². The van der Waals surface area contributed by atoms with Crippen molar-refractivity contribution in [1.29, 1.82) is 0 Å². The van der Waals surface area contributed by atoms with Crippen molar-refractivity contribution in [3.8, 4) is 0 Å². The van der Waals surface area contributed by atoms with Gasteiger partial charge >= 0.3 is 0 Å². The molecule has 4 rings (SSSR count). The third-order valence-corrected chi connectivity index (χ3v) is 5.27. The van der Waals surface area contributed by atoms with Gasteiger partial charge in [0.1, 0.15) is 5.69 Å². The molecule has 2 fully saturated rings. The molecule has 4 heterocycles. The van der Waals surface area contributed by atoms with E-state index in [4.69, 9.17) is 9.47 Å². The third-order valence-electron chi connectivity index (χ3n) is 5.27. The fraction of sp³-hybridized carbons (Fsp3) is 0.526. The Morgan fingerprint density at radius 2 is 2.27 bits per heavy atom. The first-order chi connectivity index (χ1) is 12.7. The molecule has 0 radical (unpaired) electrons. The molecule has 0 unspecified atom stereocenters. The molecule has 2 aromatic rings. The van der Waals surface area contributed by atoms with Crippen LogP contribution < -0.4 is 0 Å². The van der Waals surface area contributed by atoms with E-state index in [9.17, 15) is 4.79 Å². The van der Waals surface area contributed by atoms with Crippen molar-refractivity contribution >= 4 is 5.91 Å². The summed E-state index contributed by atoms with van der Waals surface area (Å²) >= 11 is 0. The van der Waals surface area contributed by atoms with Gasteiger partial charge in [-0.1, -0.05) is 6.07 Å². The Labute approximate surface area is 152 Å². The number of aryl methyl sites for hydroxylation is 1. The van der Waals surface area contributed by atoms with E-state index in [0.29, 0.717) is 37.3 Å². The van der Waals surface area contributed by atoms with E-state index in [1.165, 1.54) is 0 Å². The average molecular weight is 356 g/mol. The maximum Gasteiger partial charge on any atom is 0.274 e. The number of carbonyl (C=O) groups is 1. The minimum atomic E-state index is -0.00579. The summed E-state index contributed by atoms with van der Waals surface area (Å²) in [6, 6.07) is 7.59. The summed E-state index contributed by atoms with van der Waals surface area (Å²) in [7, 11) is 1.82. The van der Waals surface area contributed by atoms with Crippen molar-refractivity contribution in [2.75, 3.05) is 26.3 Å². The van der Waals surface area contributed by atoms with Gasteiger partial charge in [0, 0.05) is 45.1 Å². The van der Waals surface area contributed by atoms with E-state index < -0.39 is 0 Å². The highest BCUT2D eigenvalue weighted by molar-refractivity contribution is 5.92. The molecule has 0 aliphatic carbocycles. The summed E-state index contributed by atoms with van der Waals surface area (Å²) in [6.45, 7) is 3.37. The number of amides is 1. The molecule has 26 heavy (non-hydrogen) atoms. The molecule has 2 aliphatic rings. The SMILES string of the molecule is Cn1ccc(C(=O)N2C[C@@H]3[C@H](CCOCc4ccccn4)CO[C@@H]3C2)n1. The van der Waals surface area contributed by atoms with E-state index in [2.05, 4.69) is 10.1 Å². The van der Waals surface area contributed by atoms with Crippen LogP contribution in [0.3, 0.4) is 0 Å². The quantitative estimate of drug-likeness (QED) is 0.734. The summed E-state index contributed by atoms with van der Waals surface area (Å²) in [4.78, 5) is 18.7. The fourth-order valence-corrected chi connectivity index (χ4v) is 3.85. The van der Waals surface area contributed by atoms with Crippen molar-refractivity contribution in [2.45, 2.75) is 19.1 Å². The lowest BCUT2D eigenvalue weighted by atomic mass is 9.91. The number of ether oxygens (including phenoxy) is 2. The van der Waals surface area contributed by atoms with Crippen LogP contribution in [0.25, 0.3) is 0 Å². The standard InChI is InChI=1S/C19H24N4O3/c1-22-8-5-17(21-22)19(24)23-10-16-14(12-26-18(16)11-23)6-9-25-13-15-4-2-3-7-20-15/h2-5,7-8,14,16,18H,6,9-13H2,1H3/t14-,16-,18-/m1/s1. The van der Waals surface area contributed by atoms with Crippen LogP contribution in [-0.4, -0.2) is 58.0 Å². The van der Waals surface area contributed by atoms with Gasteiger partial charge < -0.3 is 14.4 Å². The predicted octanol–water partition coefficient (Wildman–Crippen LogP) is 1.51. The van der Waals surface area contributed by atoms with Crippen LogP contribution in [0.4, 0.5) is 0 Å². The highest BCUT2D eigenvalue weighted by Crippen LogP contribution is 2.36. The van der Waals surface area contributed by atoms with Gasteiger partial charge in [0.15, 0.2) is 0 Å². The van der Waals surface area contributed by atoms with Gasteiger partial charge in [-0.15, -0.1) is 0 Å². The Bertz CT molecular complexity index is 748. The number of pyridine rings is 1. The van der Waals surface area contributed by atoms with Gasteiger partial charge in [-0.05, 0) is 30.5 Å². The molecule has 3 atom stereocenters. The first kappa shape index (κ1) is 17.2. The molecule has 2 aliphatic heterocycles. The number of nitrogens with zero attached hydrogens (tertiary/aromatic N) is 4. The lowest BCUT2D eigenvalue weighted by Gasteiger charge is -2.19. The number of rotatable bonds is 6. The highest BCUT2D eigenvalue weighted by atomic mass is 16.5. The van der Waals surface area contributed by atoms with Gasteiger partial charge in [-0.3, -0.25) is 14.5 Å². The van der Waals surface area contributed by atoms with Crippen LogP contribution in [0.2, 0.25) is 0 Å². The first-order valence-electron chi connectivity index (χ1n) is 9.09. The normalized spacial score (nSPS) is 24.8. The largest absolute Gasteiger partial charge is 0.376 e. The van der Waals surface area contributed by atoms with Crippen molar-refractivity contribution in [3.05, 3.63) is 48.0 Å². The second-order valence-electron chi connectivity index (χ2n) is 7.04. The van der Waals surface area contributed by atoms with Gasteiger partial charge in [0.05, 0.1) is 25.0 Å².